The van der Waals surface area contributed by atoms with Crippen LogP contribution in [-0.4, -0.2) is 32.4 Å². The van der Waals surface area contributed by atoms with E-state index in [9.17, 15) is 9.90 Å². The summed E-state index contributed by atoms with van der Waals surface area (Å²) in [6.45, 7) is 2.02. The van der Waals surface area contributed by atoms with Crippen LogP contribution in [0.3, 0.4) is 0 Å². The summed E-state index contributed by atoms with van der Waals surface area (Å²) in [4.78, 5) is 19.8. The van der Waals surface area contributed by atoms with Crippen molar-refractivity contribution < 1.29 is 5.11 Å². The number of anilines is 1. The Labute approximate surface area is 143 Å². The molecule has 1 atom stereocenters. The van der Waals surface area contributed by atoms with Crippen molar-refractivity contribution in [1.82, 2.24) is 14.6 Å². The molecule has 7 heteroatoms. The first-order valence-corrected chi connectivity index (χ1v) is 9.24. The highest BCUT2D eigenvalue weighted by Gasteiger charge is 2.20. The molecule has 1 aliphatic carbocycles. The zero-order valence-corrected chi connectivity index (χ0v) is 14.4. The van der Waals surface area contributed by atoms with Crippen molar-refractivity contribution in [3.8, 4) is 0 Å². The predicted octanol–water partition coefficient (Wildman–Crippen LogP) is 2.37. The van der Waals surface area contributed by atoms with E-state index in [1.807, 2.05) is 6.92 Å². The van der Waals surface area contributed by atoms with Crippen LogP contribution in [0.1, 0.15) is 36.6 Å². The average molecular weight is 344 g/mol. The van der Waals surface area contributed by atoms with Crippen molar-refractivity contribution in [1.29, 1.82) is 0 Å². The standard InChI is InChI=1S/C17H20N4O2S/c1-2-10(9-22)18-13-7-8-14-19-16-15(17(23)21(14)20-13)11-5-3-4-6-12(11)24-16/h7-8,10,22H,2-6,9H2,1H3,(H,18,20)/t10-/m0/s1. The Bertz CT molecular complexity index is 959. The van der Waals surface area contributed by atoms with Crippen LogP contribution in [0.25, 0.3) is 15.9 Å². The summed E-state index contributed by atoms with van der Waals surface area (Å²) in [5, 5.41) is 17.6. The number of thiophene rings is 1. The molecule has 0 amide bonds. The fourth-order valence-corrected chi connectivity index (χ4v) is 4.53. The molecule has 0 bridgehead atoms. The van der Waals surface area contributed by atoms with Gasteiger partial charge in [0.1, 0.15) is 10.6 Å². The third-order valence-electron chi connectivity index (χ3n) is 4.66. The zero-order valence-electron chi connectivity index (χ0n) is 13.6. The lowest BCUT2D eigenvalue weighted by Crippen LogP contribution is -2.25. The molecule has 126 valence electrons. The number of rotatable bonds is 4. The highest BCUT2D eigenvalue weighted by Crippen LogP contribution is 2.33. The van der Waals surface area contributed by atoms with Gasteiger partial charge in [-0.15, -0.1) is 16.4 Å². The van der Waals surface area contributed by atoms with Crippen molar-refractivity contribution >= 4 is 33.0 Å². The molecule has 3 heterocycles. The van der Waals surface area contributed by atoms with E-state index in [2.05, 4.69) is 15.4 Å². The zero-order chi connectivity index (χ0) is 16.7. The van der Waals surface area contributed by atoms with Crippen LogP contribution >= 0.6 is 11.3 Å². The van der Waals surface area contributed by atoms with Crippen molar-refractivity contribution in [2.24, 2.45) is 0 Å². The number of aromatic nitrogens is 3. The van der Waals surface area contributed by atoms with Gasteiger partial charge in [0.05, 0.1) is 18.0 Å². The number of aryl methyl sites for hydroxylation is 2. The van der Waals surface area contributed by atoms with E-state index < -0.39 is 0 Å². The first kappa shape index (κ1) is 15.5. The molecule has 1 aliphatic rings. The Morgan fingerprint density at radius 2 is 2.21 bits per heavy atom. The number of aliphatic hydroxyl groups is 1. The Balaban J connectivity index is 1.88. The molecule has 0 radical (unpaired) electrons. The summed E-state index contributed by atoms with van der Waals surface area (Å²) in [6, 6.07) is 3.54. The molecule has 3 aromatic heterocycles. The van der Waals surface area contributed by atoms with E-state index in [1.54, 1.807) is 23.5 Å². The molecule has 0 aliphatic heterocycles. The summed E-state index contributed by atoms with van der Waals surface area (Å²) < 4.78 is 1.39. The first-order chi connectivity index (χ1) is 11.7. The quantitative estimate of drug-likeness (QED) is 0.759. The van der Waals surface area contributed by atoms with Gasteiger partial charge in [-0.05, 0) is 49.8 Å². The van der Waals surface area contributed by atoms with Gasteiger partial charge in [0.15, 0.2) is 5.65 Å². The molecule has 0 saturated carbocycles. The van der Waals surface area contributed by atoms with Crippen LogP contribution in [0.5, 0.6) is 0 Å². The Kier molecular flexibility index (Phi) is 3.97. The van der Waals surface area contributed by atoms with Gasteiger partial charge in [0, 0.05) is 4.88 Å². The Morgan fingerprint density at radius 3 is 3.00 bits per heavy atom. The molecular weight excluding hydrogens is 324 g/mol. The number of hydrogen-bond acceptors (Lipinski definition) is 6. The minimum absolute atomic E-state index is 0.0282. The number of nitrogens with one attached hydrogen (secondary N) is 1. The lowest BCUT2D eigenvalue weighted by molar-refractivity contribution is 0.271. The monoisotopic (exact) mass is 344 g/mol. The van der Waals surface area contributed by atoms with E-state index in [-0.39, 0.29) is 18.2 Å². The molecular formula is C17H20N4O2S. The molecule has 24 heavy (non-hydrogen) atoms. The van der Waals surface area contributed by atoms with Gasteiger partial charge in [-0.3, -0.25) is 4.79 Å². The van der Waals surface area contributed by atoms with Crippen LogP contribution < -0.4 is 10.9 Å². The number of aliphatic hydroxyl groups excluding tert-OH is 1. The largest absolute Gasteiger partial charge is 0.394 e. The summed E-state index contributed by atoms with van der Waals surface area (Å²) in [5.74, 6) is 0.579. The van der Waals surface area contributed by atoms with Crippen molar-refractivity contribution in [3.63, 3.8) is 0 Å². The number of nitrogens with zero attached hydrogens (tertiary/aromatic N) is 3. The molecule has 0 spiro atoms. The van der Waals surface area contributed by atoms with Crippen LogP contribution in [-0.2, 0) is 12.8 Å². The number of fused-ring (bicyclic) bond motifs is 4. The molecule has 0 aromatic carbocycles. The second-order valence-corrected chi connectivity index (χ2v) is 7.31. The first-order valence-electron chi connectivity index (χ1n) is 8.43. The second-order valence-electron chi connectivity index (χ2n) is 6.23. The fraction of sp³-hybridized carbons (Fsp3) is 0.471. The molecule has 2 N–H and O–H groups in total. The van der Waals surface area contributed by atoms with Crippen LogP contribution in [0.4, 0.5) is 5.82 Å². The molecule has 0 saturated heterocycles. The smallest absolute Gasteiger partial charge is 0.283 e. The van der Waals surface area contributed by atoms with Gasteiger partial charge >= 0.3 is 0 Å². The topological polar surface area (TPSA) is 79.5 Å². The summed E-state index contributed by atoms with van der Waals surface area (Å²) in [5.41, 5.74) is 1.65. The Morgan fingerprint density at radius 1 is 1.38 bits per heavy atom. The lowest BCUT2D eigenvalue weighted by atomic mass is 9.97. The van der Waals surface area contributed by atoms with E-state index in [0.717, 1.165) is 35.9 Å². The van der Waals surface area contributed by atoms with Gasteiger partial charge in [-0.25, -0.2) is 4.98 Å². The van der Waals surface area contributed by atoms with Crippen molar-refractivity contribution in [3.05, 3.63) is 32.9 Å². The number of hydrogen-bond donors (Lipinski definition) is 2. The predicted molar refractivity (Wildman–Crippen MR) is 96.1 cm³/mol. The van der Waals surface area contributed by atoms with Gasteiger partial charge in [-0.2, -0.15) is 4.52 Å². The normalized spacial score (nSPS) is 15.6. The van der Waals surface area contributed by atoms with Gasteiger partial charge in [-0.1, -0.05) is 6.92 Å². The maximum absolute atomic E-state index is 13.0. The SMILES string of the molecule is CC[C@@H](CO)Nc1ccc2nc3sc4c(c3c(=O)n2n1)CCCC4. The van der Waals surface area contributed by atoms with Gasteiger partial charge in [0.2, 0.25) is 0 Å². The molecule has 6 nitrogen and oxygen atoms in total. The van der Waals surface area contributed by atoms with Crippen molar-refractivity contribution in [2.45, 2.75) is 45.1 Å². The van der Waals surface area contributed by atoms with Gasteiger partial charge < -0.3 is 10.4 Å². The summed E-state index contributed by atoms with van der Waals surface area (Å²) in [7, 11) is 0. The van der Waals surface area contributed by atoms with Crippen LogP contribution in [0.15, 0.2) is 16.9 Å². The third kappa shape index (κ3) is 2.48. The van der Waals surface area contributed by atoms with Crippen LogP contribution in [0.2, 0.25) is 0 Å². The van der Waals surface area contributed by atoms with Crippen molar-refractivity contribution in [2.75, 3.05) is 11.9 Å². The summed E-state index contributed by atoms with van der Waals surface area (Å²) >= 11 is 1.65. The summed E-state index contributed by atoms with van der Waals surface area (Å²) in [6.07, 6.45) is 5.10. The second kappa shape index (κ2) is 6.14. The molecule has 0 unspecified atom stereocenters. The highest BCUT2D eigenvalue weighted by molar-refractivity contribution is 7.18. The van der Waals surface area contributed by atoms with E-state index in [4.69, 9.17) is 0 Å². The molecule has 4 rings (SSSR count). The third-order valence-corrected chi connectivity index (χ3v) is 5.84. The molecule has 0 fully saturated rings. The average Bonchev–Trinajstić information content (AvgIpc) is 2.98. The highest BCUT2D eigenvalue weighted by atomic mass is 32.1. The van der Waals surface area contributed by atoms with E-state index in [0.29, 0.717) is 11.5 Å². The van der Waals surface area contributed by atoms with Gasteiger partial charge in [0.25, 0.3) is 5.56 Å². The van der Waals surface area contributed by atoms with Crippen LogP contribution in [0, 0.1) is 0 Å². The maximum Gasteiger partial charge on any atom is 0.283 e. The Hall–Kier alpha value is -1.99. The maximum atomic E-state index is 13.0. The van der Waals surface area contributed by atoms with E-state index in [1.165, 1.54) is 21.4 Å². The van der Waals surface area contributed by atoms with E-state index >= 15 is 0 Å². The fourth-order valence-electron chi connectivity index (χ4n) is 3.27. The molecule has 3 aromatic rings. The minimum atomic E-state index is -0.0879. The minimum Gasteiger partial charge on any atom is -0.394 e. The lowest BCUT2D eigenvalue weighted by Gasteiger charge is -2.14.